The Morgan fingerprint density at radius 1 is 1.72 bits per heavy atom. The number of hydrogen-bond donors (Lipinski definition) is 1. The summed E-state index contributed by atoms with van der Waals surface area (Å²) >= 11 is 3.30. The first-order chi connectivity index (χ1) is 8.33. The predicted octanol–water partition coefficient (Wildman–Crippen LogP) is 2.51. The molecule has 2 heterocycles. The highest BCUT2D eigenvalue weighted by atomic mass is 79.9. The number of hydrogen-bond acceptors (Lipinski definition) is 4. The lowest BCUT2D eigenvalue weighted by molar-refractivity contribution is -0.0538. The number of aromatic nitrogens is 1. The molecule has 0 aromatic carbocycles. The molecule has 18 heavy (non-hydrogen) atoms. The molecule has 7 heteroatoms. The van der Waals surface area contributed by atoms with E-state index >= 15 is 0 Å². The maximum Gasteiger partial charge on any atom is 0.407 e. The SMILES string of the molecule is Cc1onc(OCC2N(C(=O)O)CC2(C)C)c1Br. The third-order valence-electron chi connectivity index (χ3n) is 3.24. The van der Waals surface area contributed by atoms with Crippen molar-refractivity contribution in [3.8, 4) is 5.88 Å². The highest BCUT2D eigenvalue weighted by molar-refractivity contribution is 9.10. The number of halogens is 1. The Labute approximate surface area is 113 Å². The topological polar surface area (TPSA) is 75.8 Å². The average molecular weight is 319 g/mol. The van der Waals surface area contributed by atoms with Gasteiger partial charge in [0.25, 0.3) is 5.88 Å². The molecule has 1 aromatic heterocycles. The molecule has 1 aliphatic rings. The summed E-state index contributed by atoms with van der Waals surface area (Å²) in [6.07, 6.45) is -0.918. The van der Waals surface area contributed by atoms with Gasteiger partial charge >= 0.3 is 6.09 Å². The molecule has 100 valence electrons. The highest BCUT2D eigenvalue weighted by Crippen LogP contribution is 2.37. The molecule has 6 nitrogen and oxygen atoms in total. The fraction of sp³-hybridized carbons (Fsp3) is 0.636. The lowest BCUT2D eigenvalue weighted by atomic mass is 9.75. The first-order valence-electron chi connectivity index (χ1n) is 5.57. The quantitative estimate of drug-likeness (QED) is 0.926. The van der Waals surface area contributed by atoms with Gasteiger partial charge in [0.1, 0.15) is 11.1 Å². The number of rotatable bonds is 3. The third-order valence-corrected chi connectivity index (χ3v) is 4.14. The molecular formula is C11H15BrN2O4. The summed E-state index contributed by atoms with van der Waals surface area (Å²) in [5, 5.41) is 12.8. The van der Waals surface area contributed by atoms with Gasteiger partial charge in [-0.2, -0.15) is 0 Å². The molecule has 1 N–H and O–H groups in total. The summed E-state index contributed by atoms with van der Waals surface area (Å²) in [6.45, 7) is 6.59. The molecule has 0 aliphatic carbocycles. The van der Waals surface area contributed by atoms with Crippen LogP contribution in [-0.4, -0.2) is 40.4 Å². The minimum Gasteiger partial charge on any atom is -0.472 e. The Bertz CT molecular complexity index is 472. The van der Waals surface area contributed by atoms with Crippen LogP contribution >= 0.6 is 15.9 Å². The van der Waals surface area contributed by atoms with E-state index in [4.69, 9.17) is 14.4 Å². The van der Waals surface area contributed by atoms with Crippen LogP contribution in [0.5, 0.6) is 5.88 Å². The van der Waals surface area contributed by atoms with Gasteiger partial charge in [0.05, 0.1) is 6.04 Å². The van der Waals surface area contributed by atoms with Crippen molar-refractivity contribution in [1.29, 1.82) is 0 Å². The summed E-state index contributed by atoms with van der Waals surface area (Å²) in [7, 11) is 0. The fourth-order valence-electron chi connectivity index (χ4n) is 2.07. The lowest BCUT2D eigenvalue weighted by Gasteiger charge is -2.52. The van der Waals surface area contributed by atoms with E-state index in [1.807, 2.05) is 13.8 Å². The molecule has 1 aromatic rings. The number of likely N-dealkylation sites (tertiary alicyclic amines) is 1. The Balaban J connectivity index is 2.01. The van der Waals surface area contributed by atoms with Crippen LogP contribution in [0.25, 0.3) is 0 Å². The molecule has 0 radical (unpaired) electrons. The number of aryl methyl sites for hydroxylation is 1. The van der Waals surface area contributed by atoms with Gasteiger partial charge in [0, 0.05) is 12.0 Å². The molecule has 0 bridgehead atoms. The monoisotopic (exact) mass is 318 g/mol. The van der Waals surface area contributed by atoms with Crippen LogP contribution in [-0.2, 0) is 0 Å². The summed E-state index contributed by atoms with van der Waals surface area (Å²) < 4.78 is 11.1. The minimum atomic E-state index is -0.918. The largest absolute Gasteiger partial charge is 0.472 e. The van der Waals surface area contributed by atoms with Gasteiger partial charge in [0.2, 0.25) is 0 Å². The first-order valence-corrected chi connectivity index (χ1v) is 6.36. The van der Waals surface area contributed by atoms with Crippen LogP contribution in [0.4, 0.5) is 4.79 Å². The van der Waals surface area contributed by atoms with E-state index in [0.717, 1.165) is 0 Å². The zero-order valence-corrected chi connectivity index (χ0v) is 12.0. The highest BCUT2D eigenvalue weighted by Gasteiger charge is 2.48. The van der Waals surface area contributed by atoms with Crippen LogP contribution in [0.3, 0.4) is 0 Å². The Kier molecular flexibility index (Phi) is 3.27. The molecular weight excluding hydrogens is 304 g/mol. The maximum atomic E-state index is 11.0. The number of carboxylic acid groups (broad SMARTS) is 1. The van der Waals surface area contributed by atoms with Crippen LogP contribution in [0.1, 0.15) is 19.6 Å². The first kappa shape index (κ1) is 13.2. The van der Waals surface area contributed by atoms with E-state index in [2.05, 4.69) is 21.1 Å². The van der Waals surface area contributed by atoms with E-state index in [1.165, 1.54) is 4.90 Å². The standard InChI is InChI=1S/C11H15BrN2O4/c1-6-8(12)9(13-18-6)17-4-7-11(2,3)5-14(7)10(15)16/h7H,4-5H2,1-3H3,(H,15,16). The smallest absolute Gasteiger partial charge is 0.407 e. The van der Waals surface area contributed by atoms with Crippen LogP contribution in [0.15, 0.2) is 9.00 Å². The fourth-order valence-corrected chi connectivity index (χ4v) is 2.33. The summed E-state index contributed by atoms with van der Waals surface area (Å²) in [5.74, 6) is 0.994. The number of carbonyl (C=O) groups is 1. The van der Waals surface area contributed by atoms with E-state index in [9.17, 15) is 4.79 Å². The van der Waals surface area contributed by atoms with Crippen molar-refractivity contribution < 1.29 is 19.2 Å². The lowest BCUT2D eigenvalue weighted by Crippen LogP contribution is -2.65. The van der Waals surface area contributed by atoms with Crippen molar-refractivity contribution in [2.45, 2.75) is 26.8 Å². The van der Waals surface area contributed by atoms with Gasteiger partial charge in [-0.25, -0.2) is 4.79 Å². The average Bonchev–Trinajstić information content (AvgIpc) is 2.58. The molecule has 1 unspecified atom stereocenters. The summed E-state index contributed by atoms with van der Waals surface area (Å²) in [5.41, 5.74) is -0.0797. The van der Waals surface area contributed by atoms with Crippen molar-refractivity contribution in [2.75, 3.05) is 13.2 Å². The molecule has 0 saturated carbocycles. The molecule has 1 saturated heterocycles. The predicted molar refractivity (Wildman–Crippen MR) is 66.7 cm³/mol. The van der Waals surface area contributed by atoms with Gasteiger partial charge in [-0.15, -0.1) is 0 Å². The van der Waals surface area contributed by atoms with Crippen molar-refractivity contribution in [1.82, 2.24) is 10.1 Å². The Morgan fingerprint density at radius 3 is 2.83 bits per heavy atom. The van der Waals surface area contributed by atoms with Gasteiger partial charge in [0.15, 0.2) is 5.76 Å². The summed E-state index contributed by atoms with van der Waals surface area (Å²) in [6, 6.07) is -0.168. The Morgan fingerprint density at radius 2 is 2.39 bits per heavy atom. The number of nitrogens with zero attached hydrogens (tertiary/aromatic N) is 2. The maximum absolute atomic E-state index is 11.0. The molecule has 1 fully saturated rings. The third kappa shape index (κ3) is 2.19. The van der Waals surface area contributed by atoms with Crippen molar-refractivity contribution in [3.05, 3.63) is 10.2 Å². The van der Waals surface area contributed by atoms with Crippen LogP contribution in [0, 0.1) is 12.3 Å². The summed E-state index contributed by atoms with van der Waals surface area (Å²) in [4.78, 5) is 12.4. The zero-order chi connectivity index (χ0) is 13.5. The van der Waals surface area contributed by atoms with E-state index in [-0.39, 0.29) is 18.1 Å². The number of ether oxygens (including phenoxy) is 1. The number of amides is 1. The molecule has 1 atom stereocenters. The van der Waals surface area contributed by atoms with Gasteiger partial charge < -0.3 is 19.3 Å². The Hall–Kier alpha value is -1.24. The second-order valence-electron chi connectivity index (χ2n) is 5.08. The van der Waals surface area contributed by atoms with Gasteiger partial charge in [-0.1, -0.05) is 13.8 Å². The second-order valence-corrected chi connectivity index (χ2v) is 5.88. The molecule has 2 rings (SSSR count). The zero-order valence-electron chi connectivity index (χ0n) is 10.4. The van der Waals surface area contributed by atoms with Gasteiger partial charge in [-0.3, -0.25) is 0 Å². The van der Waals surface area contributed by atoms with Gasteiger partial charge in [-0.05, 0) is 28.0 Å². The van der Waals surface area contributed by atoms with Crippen molar-refractivity contribution >= 4 is 22.0 Å². The van der Waals surface area contributed by atoms with Crippen LogP contribution < -0.4 is 4.74 Å². The van der Waals surface area contributed by atoms with E-state index < -0.39 is 6.09 Å². The van der Waals surface area contributed by atoms with E-state index in [0.29, 0.717) is 22.7 Å². The molecule has 0 spiro atoms. The minimum absolute atomic E-state index is 0.0797. The van der Waals surface area contributed by atoms with Crippen LogP contribution in [0.2, 0.25) is 0 Å². The molecule has 1 aliphatic heterocycles. The van der Waals surface area contributed by atoms with E-state index in [1.54, 1.807) is 6.92 Å². The second kappa shape index (κ2) is 4.46. The molecule has 1 amide bonds. The van der Waals surface area contributed by atoms with Crippen molar-refractivity contribution in [3.63, 3.8) is 0 Å². The van der Waals surface area contributed by atoms with Crippen molar-refractivity contribution in [2.24, 2.45) is 5.41 Å². The normalized spacial score (nSPS) is 21.6.